The van der Waals surface area contributed by atoms with E-state index < -0.39 is 12.6 Å². The zero-order valence-corrected chi connectivity index (χ0v) is 10.7. The van der Waals surface area contributed by atoms with Crippen LogP contribution in [0.5, 0.6) is 0 Å². The van der Waals surface area contributed by atoms with Gasteiger partial charge in [-0.2, -0.15) is 13.2 Å². The van der Waals surface area contributed by atoms with E-state index in [1.54, 1.807) is 18.2 Å². The number of nitrogen functional groups attached to an aromatic ring is 1. The third-order valence-electron chi connectivity index (χ3n) is 2.74. The van der Waals surface area contributed by atoms with Crippen LogP contribution < -0.4 is 5.73 Å². The number of anilines is 1. The summed E-state index contributed by atoms with van der Waals surface area (Å²) in [6.07, 6.45) is -4.56. The van der Waals surface area contributed by atoms with Crippen molar-refractivity contribution >= 4 is 11.6 Å². The van der Waals surface area contributed by atoms with Gasteiger partial charge >= 0.3 is 6.18 Å². The molecule has 0 unspecified atom stereocenters. The summed E-state index contributed by atoms with van der Waals surface area (Å²) < 4.78 is 36.1. The molecule has 0 heterocycles. The molecule has 1 aromatic rings. The zero-order chi connectivity index (χ0) is 14.5. The number of halogens is 3. The molecule has 106 valence electrons. The number of hydrogen-bond donors (Lipinski definition) is 1. The van der Waals surface area contributed by atoms with E-state index in [1.807, 2.05) is 6.07 Å². The summed E-state index contributed by atoms with van der Waals surface area (Å²) >= 11 is 0. The summed E-state index contributed by atoms with van der Waals surface area (Å²) in [5, 5.41) is 0. The maximum absolute atomic E-state index is 12.0. The fraction of sp³-hybridized carbons (Fsp3) is 0.462. The van der Waals surface area contributed by atoms with Gasteiger partial charge in [0.05, 0.1) is 6.42 Å². The standard InChI is InChI=1S/C13H17F3N2O/c1-18(8-7-13(14,15)16)12(19)6-5-10-3-2-4-11(17)9-10/h2-4,9H,5-8,17H2,1H3. The minimum atomic E-state index is -4.23. The van der Waals surface area contributed by atoms with Gasteiger partial charge in [0.1, 0.15) is 0 Å². The molecule has 0 radical (unpaired) electrons. The smallest absolute Gasteiger partial charge is 0.390 e. The van der Waals surface area contributed by atoms with Crippen LogP contribution in [0.4, 0.5) is 18.9 Å². The highest BCUT2D eigenvalue weighted by molar-refractivity contribution is 5.76. The lowest BCUT2D eigenvalue weighted by atomic mass is 10.1. The fourth-order valence-corrected chi connectivity index (χ4v) is 1.61. The van der Waals surface area contributed by atoms with Crippen molar-refractivity contribution in [1.82, 2.24) is 4.90 Å². The lowest BCUT2D eigenvalue weighted by Gasteiger charge is -2.18. The van der Waals surface area contributed by atoms with Crippen LogP contribution >= 0.6 is 0 Å². The topological polar surface area (TPSA) is 46.3 Å². The molecule has 0 fully saturated rings. The van der Waals surface area contributed by atoms with Crippen molar-refractivity contribution in [3.8, 4) is 0 Å². The minimum absolute atomic E-state index is 0.178. The van der Waals surface area contributed by atoms with Gasteiger partial charge in [-0.25, -0.2) is 0 Å². The summed E-state index contributed by atoms with van der Waals surface area (Å²) in [5.74, 6) is -0.299. The van der Waals surface area contributed by atoms with E-state index in [9.17, 15) is 18.0 Å². The maximum Gasteiger partial charge on any atom is 0.390 e. The van der Waals surface area contributed by atoms with Crippen molar-refractivity contribution in [2.24, 2.45) is 0 Å². The van der Waals surface area contributed by atoms with E-state index in [0.29, 0.717) is 12.1 Å². The fourth-order valence-electron chi connectivity index (χ4n) is 1.61. The molecule has 1 rings (SSSR count). The van der Waals surface area contributed by atoms with Gasteiger partial charge in [0, 0.05) is 25.7 Å². The van der Waals surface area contributed by atoms with Gasteiger partial charge in [-0.15, -0.1) is 0 Å². The Bertz CT molecular complexity index is 432. The van der Waals surface area contributed by atoms with Crippen LogP contribution in [0.25, 0.3) is 0 Å². The molecule has 1 amide bonds. The summed E-state index contributed by atoms with van der Waals surface area (Å²) in [7, 11) is 1.38. The molecular weight excluding hydrogens is 257 g/mol. The molecular formula is C13H17F3N2O. The molecule has 0 aliphatic rings. The number of nitrogens with zero attached hydrogens (tertiary/aromatic N) is 1. The molecule has 0 saturated heterocycles. The molecule has 0 aliphatic carbocycles. The first-order valence-electron chi connectivity index (χ1n) is 5.93. The summed E-state index contributed by atoms with van der Waals surface area (Å²) in [6.45, 7) is -0.306. The Hall–Kier alpha value is -1.72. The second-order valence-corrected chi connectivity index (χ2v) is 4.43. The Kier molecular flexibility index (Phi) is 5.20. The van der Waals surface area contributed by atoms with Crippen LogP contribution in [0.2, 0.25) is 0 Å². The van der Waals surface area contributed by atoms with Crippen LogP contribution in [0.3, 0.4) is 0 Å². The molecule has 0 aliphatic heterocycles. The zero-order valence-electron chi connectivity index (χ0n) is 10.7. The average molecular weight is 274 g/mol. The van der Waals surface area contributed by atoms with Crippen LogP contribution in [0.15, 0.2) is 24.3 Å². The highest BCUT2D eigenvalue weighted by Gasteiger charge is 2.27. The van der Waals surface area contributed by atoms with Crippen molar-refractivity contribution in [2.45, 2.75) is 25.4 Å². The van der Waals surface area contributed by atoms with Gasteiger partial charge < -0.3 is 10.6 Å². The molecule has 19 heavy (non-hydrogen) atoms. The molecule has 0 saturated carbocycles. The Labute approximate surface area is 110 Å². The number of benzene rings is 1. The van der Waals surface area contributed by atoms with E-state index in [1.165, 1.54) is 7.05 Å². The van der Waals surface area contributed by atoms with Gasteiger partial charge in [0.15, 0.2) is 0 Å². The molecule has 0 spiro atoms. The number of alkyl halides is 3. The number of hydrogen-bond acceptors (Lipinski definition) is 2. The van der Waals surface area contributed by atoms with Crippen LogP contribution in [0, 0.1) is 0 Å². The van der Waals surface area contributed by atoms with E-state index in [-0.39, 0.29) is 18.9 Å². The third kappa shape index (κ3) is 6.13. The van der Waals surface area contributed by atoms with E-state index in [0.717, 1.165) is 10.5 Å². The van der Waals surface area contributed by atoms with Crippen LogP contribution in [-0.4, -0.2) is 30.6 Å². The summed E-state index contributed by atoms with van der Waals surface area (Å²) in [4.78, 5) is 12.8. The molecule has 3 nitrogen and oxygen atoms in total. The Morgan fingerprint density at radius 3 is 2.63 bits per heavy atom. The van der Waals surface area contributed by atoms with Crippen LogP contribution in [0.1, 0.15) is 18.4 Å². The molecule has 0 atom stereocenters. The van der Waals surface area contributed by atoms with Gasteiger partial charge in [-0.05, 0) is 24.1 Å². The Balaban J connectivity index is 2.38. The number of rotatable bonds is 5. The molecule has 0 bridgehead atoms. The number of aryl methyl sites for hydroxylation is 1. The second kappa shape index (κ2) is 6.45. The normalized spacial score (nSPS) is 11.4. The predicted octanol–water partition coefficient (Wildman–Crippen LogP) is 2.61. The maximum atomic E-state index is 12.0. The second-order valence-electron chi connectivity index (χ2n) is 4.43. The van der Waals surface area contributed by atoms with Gasteiger partial charge in [0.2, 0.25) is 5.91 Å². The summed E-state index contributed by atoms with van der Waals surface area (Å²) in [6, 6.07) is 7.10. The lowest BCUT2D eigenvalue weighted by molar-refractivity contribution is -0.144. The van der Waals surface area contributed by atoms with E-state index >= 15 is 0 Å². The monoisotopic (exact) mass is 274 g/mol. The van der Waals surface area contributed by atoms with Crippen molar-refractivity contribution in [3.05, 3.63) is 29.8 Å². The van der Waals surface area contributed by atoms with Crippen molar-refractivity contribution < 1.29 is 18.0 Å². The number of carbonyl (C=O) groups excluding carboxylic acids is 1. The van der Waals surface area contributed by atoms with Gasteiger partial charge in [-0.1, -0.05) is 12.1 Å². The first-order chi connectivity index (χ1) is 8.78. The number of nitrogens with two attached hydrogens (primary N) is 1. The number of carbonyl (C=O) groups is 1. The summed E-state index contributed by atoms with van der Waals surface area (Å²) in [5.41, 5.74) is 7.11. The van der Waals surface area contributed by atoms with Gasteiger partial charge in [-0.3, -0.25) is 4.79 Å². The van der Waals surface area contributed by atoms with E-state index in [2.05, 4.69) is 0 Å². The SMILES string of the molecule is CN(CCC(F)(F)F)C(=O)CCc1cccc(N)c1. The predicted molar refractivity (Wildman–Crippen MR) is 67.5 cm³/mol. The largest absolute Gasteiger partial charge is 0.399 e. The first kappa shape index (κ1) is 15.3. The Morgan fingerprint density at radius 2 is 2.05 bits per heavy atom. The van der Waals surface area contributed by atoms with Crippen molar-refractivity contribution in [1.29, 1.82) is 0 Å². The highest BCUT2D eigenvalue weighted by Crippen LogP contribution is 2.19. The molecule has 2 N–H and O–H groups in total. The van der Waals surface area contributed by atoms with Crippen LogP contribution in [-0.2, 0) is 11.2 Å². The Morgan fingerprint density at radius 1 is 1.37 bits per heavy atom. The average Bonchev–Trinajstić information content (AvgIpc) is 2.32. The van der Waals surface area contributed by atoms with Gasteiger partial charge in [0.25, 0.3) is 0 Å². The highest BCUT2D eigenvalue weighted by atomic mass is 19.4. The third-order valence-corrected chi connectivity index (χ3v) is 2.74. The molecule has 1 aromatic carbocycles. The first-order valence-corrected chi connectivity index (χ1v) is 5.93. The lowest BCUT2D eigenvalue weighted by Crippen LogP contribution is -2.30. The minimum Gasteiger partial charge on any atom is -0.399 e. The van der Waals surface area contributed by atoms with Crippen molar-refractivity contribution in [2.75, 3.05) is 19.3 Å². The molecule has 6 heteroatoms. The van der Waals surface area contributed by atoms with Crippen molar-refractivity contribution in [3.63, 3.8) is 0 Å². The van der Waals surface area contributed by atoms with E-state index in [4.69, 9.17) is 5.73 Å². The number of amides is 1. The quantitative estimate of drug-likeness (QED) is 0.839. The molecule has 0 aromatic heterocycles.